The van der Waals surface area contributed by atoms with Crippen LogP contribution in [-0.4, -0.2) is 59.2 Å². The van der Waals surface area contributed by atoms with E-state index in [-0.39, 0.29) is 24.5 Å². The molecule has 1 fully saturated rings. The Labute approximate surface area is 262 Å². The second-order valence-corrected chi connectivity index (χ2v) is 13.1. The van der Waals surface area contributed by atoms with E-state index in [9.17, 15) is 14.4 Å². The minimum Gasteiger partial charge on any atom is -0.466 e. The molecule has 0 spiro atoms. The van der Waals surface area contributed by atoms with Gasteiger partial charge in [0, 0.05) is 39.4 Å². The third kappa shape index (κ3) is 7.98. The number of piperidine rings is 1. The van der Waals surface area contributed by atoms with E-state index in [1.807, 2.05) is 34.7 Å². The minimum absolute atomic E-state index is 0.0715. The first-order chi connectivity index (χ1) is 20.0. The monoisotopic (exact) mass is 705 g/mol. The summed E-state index contributed by atoms with van der Waals surface area (Å²) in [7, 11) is 0. The van der Waals surface area contributed by atoms with Crippen molar-refractivity contribution < 1.29 is 28.2 Å². The molecule has 0 unspecified atom stereocenters. The molecule has 1 saturated heterocycles. The van der Waals surface area contributed by atoms with Gasteiger partial charge in [-0.2, -0.15) is 0 Å². The highest BCUT2D eigenvalue weighted by molar-refractivity contribution is 14.1. The maximum atomic E-state index is 15.1. The first-order valence-electron chi connectivity index (χ1n) is 13.8. The van der Waals surface area contributed by atoms with E-state index in [0.717, 1.165) is 9.58 Å². The third-order valence-corrected chi connectivity index (χ3v) is 8.10. The predicted octanol–water partition coefficient (Wildman–Crippen LogP) is 6.78. The van der Waals surface area contributed by atoms with Gasteiger partial charge in [0.15, 0.2) is 0 Å². The summed E-state index contributed by atoms with van der Waals surface area (Å²) < 4.78 is 27.2. The number of ether oxygens (including phenoxy) is 2. The lowest BCUT2D eigenvalue weighted by molar-refractivity contribution is -0.142. The first-order valence-corrected chi connectivity index (χ1v) is 15.7. The molecule has 0 saturated carbocycles. The molecule has 1 aliphatic heterocycles. The fraction of sp³-hybridized carbons (Fsp3) is 0.419. The van der Waals surface area contributed by atoms with Gasteiger partial charge >= 0.3 is 12.1 Å². The number of carbonyl (C=O) groups is 3. The molecule has 0 bridgehead atoms. The molecule has 2 aromatic heterocycles. The Morgan fingerprint density at radius 3 is 2.74 bits per heavy atom. The molecule has 1 aliphatic rings. The van der Waals surface area contributed by atoms with E-state index in [1.165, 1.54) is 28.4 Å². The van der Waals surface area contributed by atoms with Crippen LogP contribution in [0.15, 0.2) is 36.5 Å². The summed E-state index contributed by atoms with van der Waals surface area (Å²) >= 11 is 3.44. The average Bonchev–Trinajstić information content (AvgIpc) is 3.34. The van der Waals surface area contributed by atoms with Gasteiger partial charge in [-0.05, 0) is 93.5 Å². The van der Waals surface area contributed by atoms with Crippen LogP contribution in [0.3, 0.4) is 0 Å². The van der Waals surface area contributed by atoms with Gasteiger partial charge in [-0.25, -0.2) is 14.2 Å². The van der Waals surface area contributed by atoms with Crippen molar-refractivity contribution in [2.45, 2.75) is 65.0 Å². The topological polar surface area (TPSA) is 89.0 Å². The normalized spacial score (nSPS) is 15.1. The van der Waals surface area contributed by atoms with Crippen molar-refractivity contribution in [3.05, 3.63) is 56.4 Å². The molecule has 1 atom stereocenters. The van der Waals surface area contributed by atoms with Gasteiger partial charge in [-0.1, -0.05) is 11.8 Å². The second kappa shape index (κ2) is 13.8. The molecule has 0 aliphatic carbocycles. The molecular weight excluding hydrogens is 672 g/mol. The first kappa shape index (κ1) is 31.7. The Hall–Kier alpha value is -3.24. The number of amides is 2. The average molecular weight is 706 g/mol. The molecule has 11 heteroatoms. The molecule has 3 heterocycles. The Bertz CT molecular complexity index is 1540. The number of likely N-dealkylation sites (tertiary alicyclic amines) is 1. The van der Waals surface area contributed by atoms with E-state index in [1.54, 1.807) is 44.9 Å². The summed E-state index contributed by atoms with van der Waals surface area (Å²) in [6.45, 7) is 8.22. The van der Waals surface area contributed by atoms with Gasteiger partial charge in [0.05, 0.1) is 29.5 Å². The number of pyridine rings is 1. The van der Waals surface area contributed by atoms with Crippen LogP contribution in [0, 0.1) is 21.2 Å². The lowest BCUT2D eigenvalue weighted by Gasteiger charge is -2.39. The van der Waals surface area contributed by atoms with Crippen LogP contribution in [0.5, 0.6) is 0 Å². The van der Waals surface area contributed by atoms with E-state index >= 15 is 4.39 Å². The lowest BCUT2D eigenvalue weighted by atomic mass is 10.0. The zero-order valence-corrected chi connectivity index (χ0v) is 27.0. The molecule has 0 N–H and O–H groups in total. The number of carbonyl (C=O) groups excluding carboxylic acids is 3. The zero-order valence-electron chi connectivity index (χ0n) is 24.0. The summed E-state index contributed by atoms with van der Waals surface area (Å²) in [6.07, 6.45) is 2.96. The third-order valence-electron chi connectivity index (χ3n) is 6.42. The van der Waals surface area contributed by atoms with Crippen molar-refractivity contribution in [2.75, 3.05) is 24.6 Å². The van der Waals surface area contributed by atoms with Gasteiger partial charge in [0.1, 0.15) is 17.2 Å². The molecular formula is C31H33FIN3O5S. The Kier molecular flexibility index (Phi) is 10.4. The number of aromatic nitrogens is 1. The highest BCUT2D eigenvalue weighted by Crippen LogP contribution is 2.35. The summed E-state index contributed by atoms with van der Waals surface area (Å²) in [5.74, 6) is 5.04. The van der Waals surface area contributed by atoms with Crippen LogP contribution in [0.4, 0.5) is 15.0 Å². The molecule has 0 radical (unpaired) electrons. The van der Waals surface area contributed by atoms with Crippen LogP contribution in [0.25, 0.3) is 10.1 Å². The van der Waals surface area contributed by atoms with Crippen molar-refractivity contribution in [3.8, 4) is 11.8 Å². The van der Waals surface area contributed by atoms with E-state index in [4.69, 9.17) is 9.47 Å². The van der Waals surface area contributed by atoms with Crippen LogP contribution < -0.4 is 4.90 Å². The van der Waals surface area contributed by atoms with Crippen LogP contribution in [0.2, 0.25) is 0 Å². The molecule has 8 nitrogen and oxygen atoms in total. The summed E-state index contributed by atoms with van der Waals surface area (Å²) in [4.78, 5) is 47.1. The number of thiophene rings is 1. The highest BCUT2D eigenvalue weighted by Gasteiger charge is 2.36. The molecule has 222 valence electrons. The number of esters is 1. The number of fused-ring (bicyclic) bond motifs is 1. The number of benzene rings is 1. The van der Waals surface area contributed by atoms with Crippen molar-refractivity contribution in [1.29, 1.82) is 0 Å². The van der Waals surface area contributed by atoms with Crippen LogP contribution in [-0.2, 0) is 14.3 Å². The Morgan fingerprint density at radius 1 is 1.24 bits per heavy atom. The highest BCUT2D eigenvalue weighted by atomic mass is 127. The Balaban J connectivity index is 1.71. The van der Waals surface area contributed by atoms with Crippen molar-refractivity contribution in [3.63, 3.8) is 0 Å². The molecule has 4 rings (SSSR count). The molecule has 3 aromatic rings. The van der Waals surface area contributed by atoms with Crippen molar-refractivity contribution >= 4 is 67.8 Å². The summed E-state index contributed by atoms with van der Waals surface area (Å²) in [5.41, 5.74) is -0.737. The standard InChI is InChI=1S/C31H33FIN3O5S/c1-5-40-27(37)11-7-6-10-22-18-24-26(42-22)14-15-34-28(24)36(29(38)23-13-12-20(33)17-25(23)32)21-9-8-16-35(19-21)30(39)41-31(2,3)4/h12-15,17-18,21H,5,7-9,11,16,19H2,1-4H3/t21-/m1/s1. The van der Waals surface area contributed by atoms with Gasteiger partial charge < -0.3 is 14.4 Å². The quantitative estimate of drug-likeness (QED) is 0.160. The number of rotatable bonds is 6. The van der Waals surface area contributed by atoms with Gasteiger partial charge in [0.2, 0.25) is 0 Å². The largest absolute Gasteiger partial charge is 0.466 e. The number of halogens is 2. The minimum atomic E-state index is -0.665. The number of nitrogens with zero attached hydrogens (tertiary/aromatic N) is 3. The van der Waals surface area contributed by atoms with Gasteiger partial charge in [0.25, 0.3) is 5.91 Å². The molecule has 2 amide bonds. The number of anilines is 1. The van der Waals surface area contributed by atoms with Gasteiger partial charge in [-0.15, -0.1) is 11.3 Å². The second-order valence-electron chi connectivity index (χ2n) is 10.8. The summed E-state index contributed by atoms with van der Waals surface area (Å²) in [5, 5.41) is 0.700. The zero-order chi connectivity index (χ0) is 30.4. The van der Waals surface area contributed by atoms with Crippen molar-refractivity contribution in [1.82, 2.24) is 9.88 Å². The van der Waals surface area contributed by atoms with Crippen LogP contribution in [0.1, 0.15) is 68.6 Å². The summed E-state index contributed by atoms with van der Waals surface area (Å²) in [6, 6.07) is 7.73. The van der Waals surface area contributed by atoms with Crippen molar-refractivity contribution in [2.24, 2.45) is 0 Å². The number of hydrogen-bond acceptors (Lipinski definition) is 7. The van der Waals surface area contributed by atoms with E-state index in [0.29, 0.717) is 47.2 Å². The predicted molar refractivity (Wildman–Crippen MR) is 169 cm³/mol. The fourth-order valence-corrected chi connectivity index (χ4v) is 6.01. The SMILES string of the molecule is CCOC(=O)CCC#Cc1cc2c(N(C(=O)c3ccc(I)cc3F)[C@@H]3CCCN(C(=O)OC(C)(C)C)C3)nccc2s1. The fourth-order valence-electron chi connectivity index (χ4n) is 4.64. The maximum Gasteiger partial charge on any atom is 0.410 e. The maximum absolute atomic E-state index is 15.1. The molecule has 42 heavy (non-hydrogen) atoms. The van der Waals surface area contributed by atoms with E-state index < -0.39 is 29.5 Å². The van der Waals surface area contributed by atoms with Gasteiger partial charge in [-0.3, -0.25) is 14.5 Å². The smallest absolute Gasteiger partial charge is 0.410 e. The van der Waals surface area contributed by atoms with Crippen LogP contribution >= 0.6 is 33.9 Å². The lowest BCUT2D eigenvalue weighted by Crippen LogP contribution is -2.53. The number of hydrogen-bond donors (Lipinski definition) is 0. The van der Waals surface area contributed by atoms with E-state index in [2.05, 4.69) is 16.8 Å². The Morgan fingerprint density at radius 2 is 2.02 bits per heavy atom. The molecule has 1 aromatic carbocycles.